The number of unbranched alkanes of at least 4 members (excludes halogenated alkanes) is 1. The van der Waals surface area contributed by atoms with E-state index in [2.05, 4.69) is 26.6 Å². The molecular weight excluding hydrogens is 308 g/mol. The SMILES string of the molecule is CCCCC(=O)NCC(=O)Nc1ccc(C)cc1Br. The van der Waals surface area contributed by atoms with E-state index >= 15 is 0 Å². The highest BCUT2D eigenvalue weighted by molar-refractivity contribution is 9.10. The average Bonchev–Trinajstić information content (AvgIpc) is 2.37. The zero-order valence-corrected chi connectivity index (χ0v) is 12.8. The van der Waals surface area contributed by atoms with Gasteiger partial charge in [0.05, 0.1) is 12.2 Å². The van der Waals surface area contributed by atoms with Crippen LogP contribution < -0.4 is 10.6 Å². The van der Waals surface area contributed by atoms with Crippen LogP contribution in [0, 0.1) is 6.92 Å². The minimum atomic E-state index is -0.227. The number of amides is 2. The molecule has 0 saturated heterocycles. The summed E-state index contributed by atoms with van der Waals surface area (Å²) in [4.78, 5) is 23.1. The van der Waals surface area contributed by atoms with E-state index in [1.54, 1.807) is 0 Å². The Balaban J connectivity index is 2.41. The third kappa shape index (κ3) is 5.87. The Morgan fingerprint density at radius 3 is 2.63 bits per heavy atom. The van der Waals surface area contributed by atoms with Crippen molar-refractivity contribution in [1.29, 1.82) is 0 Å². The van der Waals surface area contributed by atoms with Crippen molar-refractivity contribution in [2.24, 2.45) is 0 Å². The van der Waals surface area contributed by atoms with Crippen molar-refractivity contribution in [2.75, 3.05) is 11.9 Å². The quantitative estimate of drug-likeness (QED) is 0.844. The number of carbonyl (C=O) groups is 2. The lowest BCUT2D eigenvalue weighted by atomic mass is 10.2. The predicted octanol–water partition coefficient (Wildman–Crippen LogP) is 3.00. The Morgan fingerprint density at radius 2 is 2.00 bits per heavy atom. The number of aryl methyl sites for hydroxylation is 1. The highest BCUT2D eigenvalue weighted by Gasteiger charge is 2.07. The minimum absolute atomic E-state index is 0.00284. The van der Waals surface area contributed by atoms with Crippen LogP contribution in [0.25, 0.3) is 0 Å². The van der Waals surface area contributed by atoms with Gasteiger partial charge < -0.3 is 10.6 Å². The summed E-state index contributed by atoms with van der Waals surface area (Å²) in [6.45, 7) is 4.00. The van der Waals surface area contributed by atoms with Crippen LogP contribution in [-0.2, 0) is 9.59 Å². The first-order valence-corrected chi connectivity index (χ1v) is 7.15. The molecule has 0 saturated carbocycles. The van der Waals surface area contributed by atoms with Gasteiger partial charge in [-0.2, -0.15) is 0 Å². The number of anilines is 1. The molecule has 2 amide bonds. The van der Waals surface area contributed by atoms with Gasteiger partial charge in [-0.15, -0.1) is 0 Å². The van der Waals surface area contributed by atoms with Crippen molar-refractivity contribution in [1.82, 2.24) is 5.32 Å². The van der Waals surface area contributed by atoms with Gasteiger partial charge in [0.15, 0.2) is 0 Å². The van der Waals surface area contributed by atoms with Gasteiger partial charge in [-0.1, -0.05) is 19.4 Å². The van der Waals surface area contributed by atoms with E-state index in [4.69, 9.17) is 0 Å². The number of rotatable bonds is 6. The maximum absolute atomic E-state index is 11.7. The molecule has 2 N–H and O–H groups in total. The first-order valence-electron chi connectivity index (χ1n) is 6.35. The molecule has 0 aliphatic rings. The van der Waals surface area contributed by atoms with Crippen LogP contribution >= 0.6 is 15.9 Å². The van der Waals surface area contributed by atoms with Crippen molar-refractivity contribution in [3.8, 4) is 0 Å². The fourth-order valence-electron chi connectivity index (χ4n) is 1.52. The second kappa shape index (κ2) is 7.94. The first-order chi connectivity index (χ1) is 9.02. The number of nitrogens with one attached hydrogen (secondary N) is 2. The summed E-state index contributed by atoms with van der Waals surface area (Å²) < 4.78 is 0.832. The van der Waals surface area contributed by atoms with Gasteiger partial charge in [-0.05, 0) is 47.0 Å². The highest BCUT2D eigenvalue weighted by atomic mass is 79.9. The van der Waals surface area contributed by atoms with E-state index in [1.807, 2.05) is 32.0 Å². The van der Waals surface area contributed by atoms with E-state index in [0.717, 1.165) is 22.9 Å². The molecular formula is C14H19BrN2O2. The third-order valence-corrected chi connectivity index (χ3v) is 3.26. The topological polar surface area (TPSA) is 58.2 Å². The first kappa shape index (κ1) is 15.7. The van der Waals surface area contributed by atoms with Crippen molar-refractivity contribution < 1.29 is 9.59 Å². The maximum atomic E-state index is 11.7. The molecule has 0 radical (unpaired) electrons. The van der Waals surface area contributed by atoms with Crippen LogP contribution in [0.4, 0.5) is 5.69 Å². The molecule has 19 heavy (non-hydrogen) atoms. The van der Waals surface area contributed by atoms with Crippen LogP contribution in [0.3, 0.4) is 0 Å². The molecule has 0 fully saturated rings. The Hall–Kier alpha value is -1.36. The second-order valence-electron chi connectivity index (χ2n) is 4.41. The fourth-order valence-corrected chi connectivity index (χ4v) is 2.11. The molecule has 0 unspecified atom stereocenters. The fraction of sp³-hybridized carbons (Fsp3) is 0.429. The molecule has 1 rings (SSSR count). The Kier molecular flexibility index (Phi) is 6.56. The zero-order valence-electron chi connectivity index (χ0n) is 11.3. The van der Waals surface area contributed by atoms with Gasteiger partial charge in [0, 0.05) is 10.9 Å². The van der Waals surface area contributed by atoms with Crippen molar-refractivity contribution in [3.05, 3.63) is 28.2 Å². The highest BCUT2D eigenvalue weighted by Crippen LogP contribution is 2.23. The van der Waals surface area contributed by atoms with Gasteiger partial charge in [-0.25, -0.2) is 0 Å². The minimum Gasteiger partial charge on any atom is -0.347 e. The van der Waals surface area contributed by atoms with E-state index in [0.29, 0.717) is 12.1 Å². The maximum Gasteiger partial charge on any atom is 0.243 e. The summed E-state index contributed by atoms with van der Waals surface area (Å²) >= 11 is 3.39. The summed E-state index contributed by atoms with van der Waals surface area (Å²) in [6.07, 6.45) is 2.28. The van der Waals surface area contributed by atoms with E-state index in [-0.39, 0.29) is 18.4 Å². The normalized spacial score (nSPS) is 10.1. The van der Waals surface area contributed by atoms with E-state index < -0.39 is 0 Å². The molecule has 1 aromatic carbocycles. The van der Waals surface area contributed by atoms with Crippen LogP contribution in [0.2, 0.25) is 0 Å². The summed E-state index contributed by atoms with van der Waals surface area (Å²) in [6, 6.07) is 5.67. The number of hydrogen-bond acceptors (Lipinski definition) is 2. The predicted molar refractivity (Wildman–Crippen MR) is 80.0 cm³/mol. The van der Waals surface area contributed by atoms with Gasteiger partial charge in [-0.3, -0.25) is 9.59 Å². The largest absolute Gasteiger partial charge is 0.347 e. The van der Waals surface area contributed by atoms with Crippen LogP contribution in [0.5, 0.6) is 0 Å². The van der Waals surface area contributed by atoms with Gasteiger partial charge >= 0.3 is 0 Å². The molecule has 1 aromatic rings. The Bertz CT molecular complexity index is 461. The van der Waals surface area contributed by atoms with Crippen LogP contribution in [0.1, 0.15) is 31.7 Å². The summed E-state index contributed by atoms with van der Waals surface area (Å²) in [5.74, 6) is -0.311. The summed E-state index contributed by atoms with van der Waals surface area (Å²) in [7, 11) is 0. The standard InChI is InChI=1S/C14H19BrN2O2/c1-3-4-5-13(18)16-9-14(19)17-12-7-6-10(2)8-11(12)15/h6-8H,3-5,9H2,1-2H3,(H,16,18)(H,17,19). The molecule has 0 aromatic heterocycles. The number of carbonyl (C=O) groups excluding carboxylic acids is 2. The van der Waals surface area contributed by atoms with Crippen molar-refractivity contribution in [3.63, 3.8) is 0 Å². The zero-order chi connectivity index (χ0) is 14.3. The molecule has 0 aliphatic heterocycles. The second-order valence-corrected chi connectivity index (χ2v) is 5.27. The van der Waals surface area contributed by atoms with Crippen molar-refractivity contribution >= 4 is 33.4 Å². The Morgan fingerprint density at radius 1 is 1.26 bits per heavy atom. The lowest BCUT2D eigenvalue weighted by Gasteiger charge is -2.09. The molecule has 0 bridgehead atoms. The van der Waals surface area contributed by atoms with Gasteiger partial charge in [0.2, 0.25) is 11.8 Å². The monoisotopic (exact) mass is 326 g/mol. The van der Waals surface area contributed by atoms with E-state index in [9.17, 15) is 9.59 Å². The number of hydrogen-bond donors (Lipinski definition) is 2. The van der Waals surface area contributed by atoms with Gasteiger partial charge in [0.1, 0.15) is 0 Å². The summed E-state index contributed by atoms with van der Waals surface area (Å²) in [5, 5.41) is 5.35. The Labute approximate surface area is 122 Å². The third-order valence-electron chi connectivity index (χ3n) is 2.60. The number of benzene rings is 1. The lowest BCUT2D eigenvalue weighted by Crippen LogP contribution is -2.32. The van der Waals surface area contributed by atoms with Crippen LogP contribution in [-0.4, -0.2) is 18.4 Å². The summed E-state index contributed by atoms with van der Waals surface area (Å²) in [5.41, 5.74) is 1.82. The molecule has 104 valence electrons. The molecule has 4 nitrogen and oxygen atoms in total. The van der Waals surface area contributed by atoms with Crippen molar-refractivity contribution in [2.45, 2.75) is 33.1 Å². The van der Waals surface area contributed by atoms with E-state index in [1.165, 1.54) is 0 Å². The molecule has 0 atom stereocenters. The molecule has 0 spiro atoms. The lowest BCUT2D eigenvalue weighted by molar-refractivity contribution is -0.124. The average molecular weight is 327 g/mol. The van der Waals surface area contributed by atoms with Gasteiger partial charge in [0.25, 0.3) is 0 Å². The molecule has 5 heteroatoms. The molecule has 0 aliphatic carbocycles. The van der Waals surface area contributed by atoms with Crippen LogP contribution in [0.15, 0.2) is 22.7 Å². The molecule has 0 heterocycles. The number of halogens is 1. The smallest absolute Gasteiger partial charge is 0.243 e.